The maximum Gasteiger partial charge on any atom is 0.362 e. The molecule has 0 atom stereocenters. The molecule has 0 amide bonds. The van der Waals surface area contributed by atoms with Crippen molar-refractivity contribution in [3.8, 4) is 20.9 Å². The first-order chi connectivity index (χ1) is 25.1. The molecule has 0 N–H and O–H groups in total. The summed E-state index contributed by atoms with van der Waals surface area (Å²) in [6.07, 6.45) is 0. The van der Waals surface area contributed by atoms with Gasteiger partial charge < -0.3 is 18.8 Å². The van der Waals surface area contributed by atoms with Gasteiger partial charge in [-0.3, -0.25) is 4.57 Å². The van der Waals surface area contributed by atoms with Crippen LogP contribution in [-0.4, -0.2) is 13.2 Å². The Morgan fingerprint density at radius 3 is 1.16 bits per heavy atom. The van der Waals surface area contributed by atoms with Gasteiger partial charge in [-0.1, -0.05) is 97.1 Å². The number of para-hydroxylation sites is 4. The van der Waals surface area contributed by atoms with E-state index in [0.717, 1.165) is 55.0 Å². The molecule has 1 aromatic heterocycles. The van der Waals surface area contributed by atoms with Crippen molar-refractivity contribution in [2.45, 2.75) is 13.8 Å². The van der Waals surface area contributed by atoms with Crippen molar-refractivity contribution in [2.75, 3.05) is 23.0 Å². The molecule has 0 fully saturated rings. The van der Waals surface area contributed by atoms with Gasteiger partial charge in [-0.25, -0.2) is 0 Å². The lowest BCUT2D eigenvalue weighted by atomic mass is 10.1. The van der Waals surface area contributed by atoms with E-state index >= 15 is 0 Å². The van der Waals surface area contributed by atoms with Crippen LogP contribution in [0.4, 0.5) is 34.1 Å². The molecular formula is C44H39N2O3PS. The van der Waals surface area contributed by atoms with E-state index in [4.69, 9.17) is 9.05 Å². The first-order valence-electron chi connectivity index (χ1n) is 17.1. The van der Waals surface area contributed by atoms with Gasteiger partial charge in [-0.2, -0.15) is 0 Å². The van der Waals surface area contributed by atoms with Gasteiger partial charge in [0.25, 0.3) is 0 Å². The van der Waals surface area contributed by atoms with Crippen molar-refractivity contribution in [2.24, 2.45) is 0 Å². The zero-order valence-electron chi connectivity index (χ0n) is 28.6. The summed E-state index contributed by atoms with van der Waals surface area (Å²) in [4.78, 5) is 6.32. The smallest absolute Gasteiger partial charge is 0.311 e. The lowest BCUT2D eigenvalue weighted by molar-refractivity contribution is 0.230. The van der Waals surface area contributed by atoms with Gasteiger partial charge in [-0.15, -0.1) is 11.3 Å². The number of thiophene rings is 1. The average Bonchev–Trinajstić information content (AvgIpc) is 3.64. The molecule has 0 spiro atoms. The molecule has 6 aromatic carbocycles. The van der Waals surface area contributed by atoms with E-state index in [-0.39, 0.29) is 13.2 Å². The molecular weight excluding hydrogens is 668 g/mol. The molecule has 0 unspecified atom stereocenters. The van der Waals surface area contributed by atoms with E-state index in [1.807, 2.05) is 68.4 Å². The Bertz CT molecular complexity index is 2100. The first-order valence-corrected chi connectivity index (χ1v) is 19.5. The summed E-state index contributed by atoms with van der Waals surface area (Å²) in [6.45, 7) is 4.24. The van der Waals surface area contributed by atoms with Gasteiger partial charge in [0.15, 0.2) is 0 Å². The molecule has 254 valence electrons. The van der Waals surface area contributed by atoms with E-state index in [1.165, 1.54) is 0 Å². The fourth-order valence-corrected chi connectivity index (χ4v) is 9.51. The van der Waals surface area contributed by atoms with Crippen LogP contribution in [0.5, 0.6) is 0 Å². The van der Waals surface area contributed by atoms with Crippen molar-refractivity contribution in [1.29, 1.82) is 0 Å². The summed E-state index contributed by atoms with van der Waals surface area (Å²) < 4.78 is 26.2. The van der Waals surface area contributed by atoms with E-state index in [0.29, 0.717) is 5.30 Å². The highest BCUT2D eigenvalue weighted by molar-refractivity contribution is 7.63. The third kappa shape index (κ3) is 7.46. The lowest BCUT2D eigenvalue weighted by Gasteiger charge is -2.25. The average molecular weight is 707 g/mol. The molecule has 7 heteroatoms. The molecule has 0 saturated heterocycles. The fraction of sp³-hybridized carbons (Fsp3) is 0.0909. The molecule has 51 heavy (non-hydrogen) atoms. The number of hydrogen-bond acceptors (Lipinski definition) is 6. The van der Waals surface area contributed by atoms with Crippen LogP contribution < -0.4 is 15.1 Å². The van der Waals surface area contributed by atoms with Gasteiger partial charge in [0.05, 0.1) is 23.4 Å². The maximum absolute atomic E-state index is 14.4. The summed E-state index contributed by atoms with van der Waals surface area (Å²) in [5.74, 6) is 0. The molecule has 1 heterocycles. The molecule has 0 radical (unpaired) electrons. The van der Waals surface area contributed by atoms with Crippen LogP contribution >= 0.6 is 18.9 Å². The quantitative estimate of drug-likeness (QED) is 0.112. The van der Waals surface area contributed by atoms with Gasteiger partial charge in [0, 0.05) is 39.0 Å². The van der Waals surface area contributed by atoms with Crippen LogP contribution in [0.1, 0.15) is 13.8 Å². The van der Waals surface area contributed by atoms with E-state index in [2.05, 4.69) is 131 Å². The van der Waals surface area contributed by atoms with Gasteiger partial charge in [0.2, 0.25) is 0 Å². The summed E-state index contributed by atoms with van der Waals surface area (Å²) in [6, 6.07) is 60.3. The maximum atomic E-state index is 14.4. The van der Waals surface area contributed by atoms with E-state index < -0.39 is 7.60 Å². The van der Waals surface area contributed by atoms with Crippen molar-refractivity contribution in [1.82, 2.24) is 0 Å². The number of anilines is 6. The van der Waals surface area contributed by atoms with Gasteiger partial charge in [0.1, 0.15) is 0 Å². The Hall–Kier alpha value is -5.23. The minimum atomic E-state index is -3.61. The second-order valence-corrected chi connectivity index (χ2v) is 14.8. The largest absolute Gasteiger partial charge is 0.362 e. The molecule has 0 aliphatic heterocycles. The van der Waals surface area contributed by atoms with Crippen LogP contribution in [-0.2, 0) is 13.6 Å². The first kappa shape index (κ1) is 34.2. The number of hydrogen-bond donors (Lipinski definition) is 0. The minimum Gasteiger partial charge on any atom is -0.311 e. The van der Waals surface area contributed by atoms with E-state index in [9.17, 15) is 4.57 Å². The highest BCUT2D eigenvalue weighted by Gasteiger charge is 2.33. The fourth-order valence-electron chi connectivity index (χ4n) is 6.19. The zero-order valence-corrected chi connectivity index (χ0v) is 30.3. The third-order valence-electron chi connectivity index (χ3n) is 8.46. The van der Waals surface area contributed by atoms with Gasteiger partial charge in [-0.05, 0) is 104 Å². The van der Waals surface area contributed by atoms with Crippen molar-refractivity contribution in [3.63, 3.8) is 0 Å². The van der Waals surface area contributed by atoms with Crippen molar-refractivity contribution < 1.29 is 13.6 Å². The zero-order chi connectivity index (χ0) is 35.0. The second-order valence-electron chi connectivity index (χ2n) is 11.8. The van der Waals surface area contributed by atoms with Crippen LogP contribution in [0.3, 0.4) is 0 Å². The van der Waals surface area contributed by atoms with E-state index in [1.54, 1.807) is 11.3 Å². The molecule has 7 rings (SSSR count). The Kier molecular flexibility index (Phi) is 10.6. The monoisotopic (exact) mass is 706 g/mol. The summed E-state index contributed by atoms with van der Waals surface area (Å²) in [5.41, 5.74) is 8.31. The molecule has 0 bridgehead atoms. The Labute approximate surface area is 304 Å². The SMILES string of the molecule is CCOP(=O)(OCC)c1cc(-c2ccc(N(c3ccccc3)c3ccccc3)cc2)sc1-c1ccc(N(c2ccccc2)c2ccccc2)cc1. The van der Waals surface area contributed by atoms with Crippen molar-refractivity contribution >= 4 is 58.4 Å². The van der Waals surface area contributed by atoms with Crippen LogP contribution in [0.2, 0.25) is 0 Å². The molecule has 0 aliphatic carbocycles. The van der Waals surface area contributed by atoms with Crippen LogP contribution in [0.25, 0.3) is 20.9 Å². The van der Waals surface area contributed by atoms with Crippen LogP contribution in [0, 0.1) is 0 Å². The molecule has 0 aliphatic rings. The summed E-state index contributed by atoms with van der Waals surface area (Å²) in [7, 11) is -3.61. The van der Waals surface area contributed by atoms with Gasteiger partial charge >= 0.3 is 7.60 Å². The lowest BCUT2D eigenvalue weighted by Crippen LogP contribution is -2.11. The molecule has 0 saturated carbocycles. The molecule has 5 nitrogen and oxygen atoms in total. The van der Waals surface area contributed by atoms with Crippen molar-refractivity contribution in [3.05, 3.63) is 176 Å². The summed E-state index contributed by atoms with van der Waals surface area (Å²) in [5, 5.41) is 0.584. The second kappa shape index (κ2) is 15.8. The number of rotatable bonds is 13. The summed E-state index contributed by atoms with van der Waals surface area (Å²) >= 11 is 1.60. The predicted molar refractivity (Wildman–Crippen MR) is 215 cm³/mol. The number of benzene rings is 6. The minimum absolute atomic E-state index is 0.271. The normalized spacial score (nSPS) is 11.3. The third-order valence-corrected chi connectivity index (χ3v) is 12.0. The standard InChI is InChI=1S/C44H39N2O3PS/c1-3-48-50(47,49-4-2)42-33-43(34-25-29-40(30-26-34)45(36-17-9-5-10-18-36)37-19-11-6-12-20-37)51-44(42)35-27-31-41(32-28-35)46(38-21-13-7-14-22-38)39-23-15-8-16-24-39/h5-33H,3-4H2,1-2H3. The topological polar surface area (TPSA) is 42.0 Å². The predicted octanol–water partition coefficient (Wildman–Crippen LogP) is 12.9. The highest BCUT2D eigenvalue weighted by Crippen LogP contribution is 2.52. The molecule has 7 aromatic rings. The highest BCUT2D eigenvalue weighted by atomic mass is 32.1. The Morgan fingerprint density at radius 1 is 0.471 bits per heavy atom. The Morgan fingerprint density at radius 2 is 0.804 bits per heavy atom. The van der Waals surface area contributed by atoms with Crippen LogP contribution in [0.15, 0.2) is 176 Å². The number of nitrogens with zero attached hydrogens (tertiary/aromatic N) is 2. The Balaban J connectivity index is 1.28.